The molecule has 2 saturated heterocycles. The van der Waals surface area contributed by atoms with Gasteiger partial charge in [0.2, 0.25) is 11.8 Å². The third-order valence-electron chi connectivity index (χ3n) is 5.37. The number of amides is 1. The van der Waals surface area contributed by atoms with Crippen molar-refractivity contribution in [1.29, 1.82) is 0 Å². The Morgan fingerprint density at radius 3 is 3.08 bits per heavy atom. The molecule has 0 unspecified atom stereocenters. The van der Waals surface area contributed by atoms with Crippen LogP contribution in [0, 0.1) is 11.3 Å². The zero-order valence-electron chi connectivity index (χ0n) is 13.2. The maximum Gasteiger partial charge on any atom is 0.275 e. The van der Waals surface area contributed by atoms with Gasteiger partial charge in [-0.3, -0.25) is 4.79 Å². The molecule has 1 aliphatic carbocycles. The lowest BCUT2D eigenvalue weighted by molar-refractivity contribution is 0.0708. The van der Waals surface area contributed by atoms with Crippen molar-refractivity contribution in [3.63, 3.8) is 0 Å². The first-order chi connectivity index (χ1) is 11.7. The lowest BCUT2D eigenvalue weighted by atomic mass is 9.78. The summed E-state index contributed by atoms with van der Waals surface area (Å²) in [6.07, 6.45) is 5.59. The summed E-state index contributed by atoms with van der Waals surface area (Å²) in [5.41, 5.74) is 0.201. The van der Waals surface area contributed by atoms with Crippen molar-refractivity contribution >= 4 is 5.91 Å². The van der Waals surface area contributed by atoms with Gasteiger partial charge in [-0.15, -0.1) is 10.2 Å². The quantitative estimate of drug-likeness (QED) is 0.833. The molecule has 2 aromatic heterocycles. The van der Waals surface area contributed by atoms with Crippen LogP contribution in [0.3, 0.4) is 0 Å². The molecule has 2 aliphatic heterocycles. The van der Waals surface area contributed by atoms with E-state index in [0.29, 0.717) is 50.2 Å². The Bertz CT molecular complexity index is 754. The van der Waals surface area contributed by atoms with E-state index in [1.807, 2.05) is 4.90 Å². The summed E-state index contributed by atoms with van der Waals surface area (Å²) >= 11 is 0. The summed E-state index contributed by atoms with van der Waals surface area (Å²) < 4.78 is 16.5. The van der Waals surface area contributed by atoms with E-state index in [0.717, 1.165) is 18.7 Å². The highest BCUT2D eigenvalue weighted by Gasteiger charge is 2.53. The van der Waals surface area contributed by atoms with Gasteiger partial charge < -0.3 is 18.5 Å². The van der Waals surface area contributed by atoms with Gasteiger partial charge in [0, 0.05) is 36.8 Å². The molecule has 5 rings (SSSR count). The molecule has 1 saturated carbocycles. The van der Waals surface area contributed by atoms with Crippen molar-refractivity contribution in [3.05, 3.63) is 30.1 Å². The molecule has 0 radical (unpaired) electrons. The Hall–Kier alpha value is -2.22. The Morgan fingerprint density at radius 1 is 1.38 bits per heavy atom. The molecule has 0 N–H and O–H groups in total. The maximum absolute atomic E-state index is 12.5. The molecule has 4 heterocycles. The Kier molecular flexibility index (Phi) is 3.03. The van der Waals surface area contributed by atoms with Gasteiger partial charge in [0.15, 0.2) is 12.1 Å². The van der Waals surface area contributed by atoms with E-state index < -0.39 is 0 Å². The van der Waals surface area contributed by atoms with Gasteiger partial charge in [0.25, 0.3) is 5.91 Å². The number of hydrogen-bond acceptors (Lipinski definition) is 7. The van der Waals surface area contributed by atoms with Crippen LogP contribution < -0.4 is 0 Å². The molecular weight excluding hydrogens is 312 g/mol. The first-order valence-corrected chi connectivity index (χ1v) is 8.31. The van der Waals surface area contributed by atoms with E-state index in [4.69, 9.17) is 13.6 Å². The number of fused-ring (bicyclic) bond motifs is 1. The number of carbonyl (C=O) groups excluding carboxylic acids is 1. The predicted molar refractivity (Wildman–Crippen MR) is 79.1 cm³/mol. The minimum Gasteiger partial charge on any atom is -0.451 e. The third-order valence-corrected chi connectivity index (χ3v) is 5.37. The first-order valence-electron chi connectivity index (χ1n) is 8.31. The predicted octanol–water partition coefficient (Wildman–Crippen LogP) is 1.27. The van der Waals surface area contributed by atoms with Crippen molar-refractivity contribution in [3.8, 4) is 0 Å². The monoisotopic (exact) mass is 330 g/mol. The van der Waals surface area contributed by atoms with Crippen LogP contribution in [0.5, 0.6) is 0 Å². The fraction of sp³-hybridized carbons (Fsp3) is 0.625. The molecule has 0 spiro atoms. The maximum atomic E-state index is 12.5. The molecule has 1 amide bonds. The number of nitrogens with zero attached hydrogens (tertiary/aromatic N) is 4. The topological polar surface area (TPSA) is 94.5 Å². The zero-order chi connectivity index (χ0) is 16.1. The molecule has 3 fully saturated rings. The van der Waals surface area contributed by atoms with Gasteiger partial charge in [-0.05, 0) is 12.8 Å². The van der Waals surface area contributed by atoms with E-state index in [9.17, 15) is 4.79 Å². The average molecular weight is 330 g/mol. The van der Waals surface area contributed by atoms with Crippen molar-refractivity contribution in [2.24, 2.45) is 11.3 Å². The molecular formula is C16H18N4O4. The summed E-state index contributed by atoms with van der Waals surface area (Å²) in [5.74, 6) is 2.05. The summed E-state index contributed by atoms with van der Waals surface area (Å²) in [6, 6.07) is 0. The van der Waals surface area contributed by atoms with Gasteiger partial charge in [-0.1, -0.05) is 0 Å². The highest BCUT2D eigenvalue weighted by atomic mass is 16.5. The molecule has 8 heteroatoms. The van der Waals surface area contributed by atoms with Crippen molar-refractivity contribution in [1.82, 2.24) is 20.1 Å². The Labute approximate surface area is 138 Å². The van der Waals surface area contributed by atoms with Gasteiger partial charge >= 0.3 is 0 Å². The summed E-state index contributed by atoms with van der Waals surface area (Å²) in [5, 5.41) is 8.38. The van der Waals surface area contributed by atoms with Crippen LogP contribution in [0.2, 0.25) is 0 Å². The number of rotatable bonds is 4. The highest BCUT2D eigenvalue weighted by molar-refractivity contribution is 5.92. The van der Waals surface area contributed by atoms with E-state index in [-0.39, 0.29) is 17.2 Å². The summed E-state index contributed by atoms with van der Waals surface area (Å²) in [4.78, 5) is 18.3. The average Bonchev–Trinajstić information content (AvgIpc) is 3.01. The summed E-state index contributed by atoms with van der Waals surface area (Å²) in [7, 11) is 0. The van der Waals surface area contributed by atoms with E-state index in [1.54, 1.807) is 0 Å². The fourth-order valence-corrected chi connectivity index (χ4v) is 3.85. The van der Waals surface area contributed by atoms with E-state index >= 15 is 0 Å². The van der Waals surface area contributed by atoms with Crippen LogP contribution in [0.15, 0.2) is 21.5 Å². The van der Waals surface area contributed by atoms with E-state index in [1.165, 1.54) is 12.7 Å². The lowest BCUT2D eigenvalue weighted by Gasteiger charge is -2.25. The number of aromatic nitrogens is 3. The van der Waals surface area contributed by atoms with Crippen LogP contribution >= 0.6 is 0 Å². The van der Waals surface area contributed by atoms with Crippen LogP contribution in [0.4, 0.5) is 0 Å². The molecule has 2 atom stereocenters. The van der Waals surface area contributed by atoms with E-state index in [2.05, 4.69) is 15.2 Å². The molecule has 24 heavy (non-hydrogen) atoms. The third kappa shape index (κ3) is 2.24. The van der Waals surface area contributed by atoms with Crippen LogP contribution in [-0.2, 0) is 11.2 Å². The second-order valence-electron chi connectivity index (χ2n) is 7.12. The van der Waals surface area contributed by atoms with Crippen molar-refractivity contribution in [2.45, 2.75) is 25.2 Å². The van der Waals surface area contributed by atoms with Gasteiger partial charge in [-0.25, -0.2) is 4.98 Å². The number of likely N-dealkylation sites (tertiary alicyclic amines) is 1. The van der Waals surface area contributed by atoms with Gasteiger partial charge in [-0.2, -0.15) is 0 Å². The molecule has 126 valence electrons. The fourth-order valence-electron chi connectivity index (χ4n) is 3.85. The van der Waals surface area contributed by atoms with Gasteiger partial charge in [0.1, 0.15) is 6.26 Å². The number of oxazole rings is 1. The molecule has 0 bridgehead atoms. The van der Waals surface area contributed by atoms with Crippen LogP contribution in [-0.4, -0.2) is 52.3 Å². The highest BCUT2D eigenvalue weighted by Crippen LogP contribution is 2.45. The molecule has 8 nitrogen and oxygen atoms in total. The number of carbonyl (C=O) groups is 1. The first kappa shape index (κ1) is 14.2. The van der Waals surface area contributed by atoms with Crippen LogP contribution in [0.25, 0.3) is 0 Å². The lowest BCUT2D eigenvalue weighted by Crippen LogP contribution is -2.35. The SMILES string of the molecule is O=C(c1cocn1)N1C[C@@H]2COC[C@]2(Cc2nnc(C3CC3)o2)C1. The Morgan fingerprint density at radius 2 is 2.29 bits per heavy atom. The smallest absolute Gasteiger partial charge is 0.275 e. The largest absolute Gasteiger partial charge is 0.451 e. The minimum absolute atomic E-state index is 0.0956. The minimum atomic E-state index is -0.146. The normalized spacial score (nSPS) is 29.2. The standard InChI is InChI=1S/C16H18N4O4/c21-15(12-6-23-9-17-12)20-4-11-5-22-8-16(11,7-20)3-13-18-19-14(24-13)10-1-2-10/h6,9-11H,1-5,7-8H2/t11-,16+/m1/s1. The second-order valence-corrected chi connectivity index (χ2v) is 7.12. The van der Waals surface area contributed by atoms with Crippen LogP contribution in [0.1, 0.15) is 41.0 Å². The Balaban J connectivity index is 1.35. The molecule has 2 aromatic rings. The summed E-state index contributed by atoms with van der Waals surface area (Å²) in [6.45, 7) is 2.55. The molecule has 3 aliphatic rings. The van der Waals surface area contributed by atoms with Crippen molar-refractivity contribution in [2.75, 3.05) is 26.3 Å². The van der Waals surface area contributed by atoms with Gasteiger partial charge in [0.05, 0.1) is 13.2 Å². The second kappa shape index (κ2) is 5.14. The zero-order valence-corrected chi connectivity index (χ0v) is 13.2. The molecule has 0 aromatic carbocycles. The van der Waals surface area contributed by atoms with Crippen molar-refractivity contribution < 1.29 is 18.4 Å². The number of ether oxygens (including phenoxy) is 1. The number of hydrogen-bond donors (Lipinski definition) is 0.